The van der Waals surface area contributed by atoms with Crippen LogP contribution in [0.15, 0.2) is 71.3 Å². The molecule has 0 bridgehead atoms. The van der Waals surface area contributed by atoms with E-state index in [4.69, 9.17) is 9.15 Å². The van der Waals surface area contributed by atoms with Crippen molar-refractivity contribution in [2.75, 3.05) is 7.11 Å². The summed E-state index contributed by atoms with van der Waals surface area (Å²) >= 11 is 0. The number of carbonyl (C=O) groups excluding carboxylic acids is 2. The van der Waals surface area contributed by atoms with Crippen LogP contribution in [0.25, 0.3) is 11.5 Å². The Morgan fingerprint density at radius 2 is 1.73 bits per heavy atom. The van der Waals surface area contributed by atoms with Gasteiger partial charge in [0.25, 0.3) is 5.91 Å². The Morgan fingerprint density at radius 1 is 1.08 bits per heavy atom. The Hall–Kier alpha value is -3.41. The van der Waals surface area contributed by atoms with Gasteiger partial charge in [0.15, 0.2) is 5.69 Å². The number of hydrogen-bond donors (Lipinski definition) is 1. The number of esters is 1. The Labute approximate surface area is 150 Å². The zero-order valence-electron chi connectivity index (χ0n) is 14.2. The van der Waals surface area contributed by atoms with Crippen LogP contribution in [0.5, 0.6) is 0 Å². The van der Waals surface area contributed by atoms with Crippen molar-refractivity contribution in [3.05, 3.63) is 78.2 Å². The number of rotatable bonds is 6. The smallest absolute Gasteiger partial charge is 0.328 e. The van der Waals surface area contributed by atoms with Crippen molar-refractivity contribution >= 4 is 11.9 Å². The van der Waals surface area contributed by atoms with E-state index in [1.165, 1.54) is 13.4 Å². The molecule has 0 aliphatic carbocycles. The molecular formula is C20H18N2O4. The standard InChI is InChI=1S/C20H18N2O4/c1-25-20(24)16(12-14-8-4-2-5-9-14)21-18(23)17-13-26-19(22-17)15-10-6-3-7-11-15/h2-11,13,16H,12H2,1H3,(H,21,23). The molecule has 1 aromatic heterocycles. The van der Waals surface area contributed by atoms with E-state index in [0.717, 1.165) is 11.1 Å². The lowest BCUT2D eigenvalue weighted by molar-refractivity contribution is -0.142. The van der Waals surface area contributed by atoms with Crippen LogP contribution in [-0.4, -0.2) is 30.0 Å². The number of amides is 1. The molecule has 1 atom stereocenters. The van der Waals surface area contributed by atoms with Crippen molar-refractivity contribution < 1.29 is 18.7 Å². The number of methoxy groups -OCH3 is 1. The maximum atomic E-state index is 12.5. The SMILES string of the molecule is COC(=O)C(Cc1ccccc1)NC(=O)c1coc(-c2ccccc2)n1. The molecule has 3 rings (SSSR count). The maximum Gasteiger partial charge on any atom is 0.328 e. The van der Waals surface area contributed by atoms with E-state index in [1.54, 1.807) is 0 Å². The number of ether oxygens (including phenoxy) is 1. The van der Waals surface area contributed by atoms with Gasteiger partial charge >= 0.3 is 5.97 Å². The first-order valence-electron chi connectivity index (χ1n) is 8.11. The second-order valence-electron chi connectivity index (χ2n) is 5.64. The normalized spacial score (nSPS) is 11.6. The second-order valence-corrected chi connectivity index (χ2v) is 5.64. The van der Waals surface area contributed by atoms with Crippen LogP contribution in [0.1, 0.15) is 16.1 Å². The van der Waals surface area contributed by atoms with E-state index < -0.39 is 17.9 Å². The lowest BCUT2D eigenvalue weighted by atomic mass is 10.1. The van der Waals surface area contributed by atoms with E-state index in [9.17, 15) is 9.59 Å². The fourth-order valence-corrected chi connectivity index (χ4v) is 2.51. The predicted octanol–water partition coefficient (Wildman–Crippen LogP) is 2.86. The molecule has 0 spiro atoms. The third kappa shape index (κ3) is 4.16. The first kappa shape index (κ1) is 17.4. The number of nitrogens with zero attached hydrogens (tertiary/aromatic N) is 1. The molecule has 0 aliphatic heterocycles. The van der Waals surface area contributed by atoms with Crippen molar-refractivity contribution in [1.29, 1.82) is 0 Å². The van der Waals surface area contributed by atoms with Crippen LogP contribution < -0.4 is 5.32 Å². The minimum atomic E-state index is -0.813. The summed E-state index contributed by atoms with van der Waals surface area (Å²) in [7, 11) is 1.29. The number of oxazole rings is 1. The van der Waals surface area contributed by atoms with Gasteiger partial charge in [0.05, 0.1) is 7.11 Å². The van der Waals surface area contributed by atoms with Crippen molar-refractivity contribution in [3.63, 3.8) is 0 Å². The minimum Gasteiger partial charge on any atom is -0.467 e. The van der Waals surface area contributed by atoms with Crippen molar-refractivity contribution in [1.82, 2.24) is 10.3 Å². The summed E-state index contributed by atoms with van der Waals surface area (Å²) in [5.74, 6) is -0.676. The number of aromatic nitrogens is 1. The number of nitrogens with one attached hydrogen (secondary N) is 1. The van der Waals surface area contributed by atoms with Gasteiger partial charge in [-0.25, -0.2) is 9.78 Å². The average molecular weight is 350 g/mol. The Bertz CT molecular complexity index is 875. The predicted molar refractivity (Wildman–Crippen MR) is 95.4 cm³/mol. The molecule has 1 heterocycles. The third-order valence-electron chi connectivity index (χ3n) is 3.83. The fraction of sp³-hybridized carbons (Fsp3) is 0.150. The highest BCUT2D eigenvalue weighted by atomic mass is 16.5. The van der Waals surface area contributed by atoms with Crippen LogP contribution in [0.3, 0.4) is 0 Å². The monoisotopic (exact) mass is 350 g/mol. The quantitative estimate of drug-likeness (QED) is 0.691. The number of benzene rings is 2. The first-order valence-corrected chi connectivity index (χ1v) is 8.11. The summed E-state index contributed by atoms with van der Waals surface area (Å²) in [6.07, 6.45) is 1.59. The van der Waals surface area contributed by atoms with Gasteiger partial charge in [0.1, 0.15) is 12.3 Å². The lowest BCUT2D eigenvalue weighted by Gasteiger charge is -2.15. The van der Waals surface area contributed by atoms with Crippen molar-refractivity contribution in [2.24, 2.45) is 0 Å². The van der Waals surface area contributed by atoms with Crippen molar-refractivity contribution in [3.8, 4) is 11.5 Å². The van der Waals surface area contributed by atoms with Crippen LogP contribution >= 0.6 is 0 Å². The molecule has 132 valence electrons. The summed E-state index contributed by atoms with van der Waals surface area (Å²) in [5, 5.41) is 2.66. The molecule has 0 saturated carbocycles. The molecule has 1 amide bonds. The Morgan fingerprint density at radius 3 is 2.38 bits per heavy atom. The summed E-state index contributed by atoms with van der Waals surface area (Å²) < 4.78 is 10.2. The Kier molecular flexibility index (Phi) is 5.43. The van der Waals surface area contributed by atoms with Gasteiger partial charge in [-0.05, 0) is 17.7 Å². The van der Waals surface area contributed by atoms with E-state index >= 15 is 0 Å². The summed E-state index contributed by atoms with van der Waals surface area (Å²) in [4.78, 5) is 28.7. The van der Waals surface area contributed by atoms with Gasteiger partial charge in [-0.15, -0.1) is 0 Å². The van der Waals surface area contributed by atoms with Crippen LogP contribution in [-0.2, 0) is 16.0 Å². The van der Waals surface area contributed by atoms with Crippen LogP contribution in [0.4, 0.5) is 0 Å². The van der Waals surface area contributed by atoms with Gasteiger partial charge in [0, 0.05) is 12.0 Å². The molecule has 0 radical (unpaired) electrons. The number of carbonyl (C=O) groups is 2. The van der Waals surface area contributed by atoms with Gasteiger partial charge in [0.2, 0.25) is 5.89 Å². The zero-order chi connectivity index (χ0) is 18.4. The molecule has 26 heavy (non-hydrogen) atoms. The maximum absolute atomic E-state index is 12.5. The van der Waals surface area contributed by atoms with Gasteiger partial charge in [-0.2, -0.15) is 0 Å². The molecular weight excluding hydrogens is 332 g/mol. The zero-order valence-corrected chi connectivity index (χ0v) is 14.2. The first-order chi connectivity index (χ1) is 12.7. The summed E-state index contributed by atoms with van der Waals surface area (Å²) in [5.41, 5.74) is 1.78. The second kappa shape index (κ2) is 8.11. The molecule has 6 heteroatoms. The molecule has 3 aromatic rings. The van der Waals surface area contributed by atoms with Gasteiger partial charge in [-0.1, -0.05) is 48.5 Å². The largest absolute Gasteiger partial charge is 0.467 e. The summed E-state index contributed by atoms with van der Waals surface area (Å²) in [6, 6.07) is 17.8. The molecule has 2 aromatic carbocycles. The highest BCUT2D eigenvalue weighted by molar-refractivity contribution is 5.95. The highest BCUT2D eigenvalue weighted by Gasteiger charge is 2.24. The lowest BCUT2D eigenvalue weighted by Crippen LogP contribution is -2.43. The molecule has 1 N–H and O–H groups in total. The molecule has 0 aliphatic rings. The van der Waals surface area contributed by atoms with Gasteiger partial charge in [-0.3, -0.25) is 4.79 Å². The molecule has 0 fully saturated rings. The van der Waals surface area contributed by atoms with Crippen molar-refractivity contribution in [2.45, 2.75) is 12.5 Å². The fourth-order valence-electron chi connectivity index (χ4n) is 2.51. The molecule has 6 nitrogen and oxygen atoms in total. The van der Waals surface area contributed by atoms with Crippen LogP contribution in [0, 0.1) is 0 Å². The van der Waals surface area contributed by atoms with E-state index in [-0.39, 0.29) is 5.69 Å². The van der Waals surface area contributed by atoms with Gasteiger partial charge < -0.3 is 14.5 Å². The Balaban J connectivity index is 1.73. The third-order valence-corrected chi connectivity index (χ3v) is 3.83. The number of hydrogen-bond acceptors (Lipinski definition) is 5. The highest BCUT2D eigenvalue weighted by Crippen LogP contribution is 2.18. The molecule has 0 saturated heterocycles. The summed E-state index contributed by atoms with van der Waals surface area (Å²) in [6.45, 7) is 0. The average Bonchev–Trinajstić information content (AvgIpc) is 3.19. The van der Waals surface area contributed by atoms with E-state index in [0.29, 0.717) is 12.3 Å². The molecule has 1 unspecified atom stereocenters. The topological polar surface area (TPSA) is 81.4 Å². The van der Waals surface area contributed by atoms with Crippen LogP contribution in [0.2, 0.25) is 0 Å². The minimum absolute atomic E-state index is 0.103. The van der Waals surface area contributed by atoms with E-state index in [2.05, 4.69) is 10.3 Å². The van der Waals surface area contributed by atoms with E-state index in [1.807, 2.05) is 60.7 Å².